The van der Waals surface area contributed by atoms with Crippen molar-refractivity contribution in [2.45, 2.75) is 6.42 Å². The summed E-state index contributed by atoms with van der Waals surface area (Å²) in [5, 5.41) is 6.07. The second-order valence-electron chi connectivity index (χ2n) is 3.21. The zero-order valence-electron chi connectivity index (χ0n) is 8.80. The molecule has 0 aliphatic rings. The van der Waals surface area contributed by atoms with Gasteiger partial charge in [0, 0.05) is 24.0 Å². The van der Waals surface area contributed by atoms with E-state index in [1.165, 1.54) is 0 Å². The summed E-state index contributed by atoms with van der Waals surface area (Å²) in [5.74, 6) is 0.415. The van der Waals surface area contributed by atoms with Crippen molar-refractivity contribution in [1.29, 1.82) is 0 Å². The molecule has 0 fully saturated rings. The number of urea groups is 1. The summed E-state index contributed by atoms with van der Waals surface area (Å²) >= 11 is 11.4. The van der Waals surface area contributed by atoms with Crippen LogP contribution in [0.1, 0.15) is 5.56 Å². The third kappa shape index (κ3) is 4.73. The summed E-state index contributed by atoms with van der Waals surface area (Å²) in [6, 6.07) is 7.39. The van der Waals surface area contributed by atoms with Crippen LogP contribution >= 0.6 is 23.2 Å². The third-order valence-electron chi connectivity index (χ3n) is 2.02. The lowest BCUT2D eigenvalue weighted by Gasteiger charge is -2.07. The Morgan fingerprint density at radius 3 is 2.56 bits per heavy atom. The van der Waals surface area contributed by atoms with Crippen LogP contribution in [0, 0.1) is 0 Å². The number of hydrogen-bond acceptors (Lipinski definition) is 1. The Morgan fingerprint density at radius 1 is 1.19 bits per heavy atom. The highest BCUT2D eigenvalue weighted by Gasteiger charge is 2.01. The molecular formula is C11H14Cl2N2O. The maximum atomic E-state index is 11.2. The van der Waals surface area contributed by atoms with Crippen LogP contribution in [-0.2, 0) is 6.42 Å². The molecule has 0 aliphatic carbocycles. The number of alkyl halides is 1. The Kier molecular flexibility index (Phi) is 6.04. The summed E-state index contributed by atoms with van der Waals surface area (Å²) in [7, 11) is 0. The van der Waals surface area contributed by atoms with Gasteiger partial charge in [-0.2, -0.15) is 0 Å². The van der Waals surface area contributed by atoms with Gasteiger partial charge in [-0.05, 0) is 18.1 Å². The van der Waals surface area contributed by atoms with Crippen molar-refractivity contribution in [3.05, 3.63) is 34.9 Å². The molecule has 0 unspecified atom stereocenters. The lowest BCUT2D eigenvalue weighted by atomic mass is 10.1. The Morgan fingerprint density at radius 2 is 1.88 bits per heavy atom. The minimum atomic E-state index is -0.201. The van der Waals surface area contributed by atoms with E-state index >= 15 is 0 Å². The molecule has 88 valence electrons. The lowest BCUT2D eigenvalue weighted by Crippen LogP contribution is -2.37. The first kappa shape index (κ1) is 13.1. The number of hydrogen-bond donors (Lipinski definition) is 2. The van der Waals surface area contributed by atoms with Crippen LogP contribution in [0.25, 0.3) is 0 Å². The summed E-state index contributed by atoms with van der Waals surface area (Å²) < 4.78 is 0. The van der Waals surface area contributed by atoms with E-state index in [9.17, 15) is 4.79 Å². The molecule has 0 saturated carbocycles. The van der Waals surface area contributed by atoms with Crippen LogP contribution in [0.3, 0.4) is 0 Å². The standard InChI is InChI=1S/C11H14Cl2N2O/c12-6-8-15-11(16)14-7-5-9-3-1-2-4-10(9)13/h1-4H,5-8H2,(H2,14,15,16). The van der Waals surface area contributed by atoms with Gasteiger partial charge in [0.05, 0.1) is 0 Å². The van der Waals surface area contributed by atoms with Gasteiger partial charge < -0.3 is 10.6 Å². The van der Waals surface area contributed by atoms with Crippen LogP contribution in [-0.4, -0.2) is 25.0 Å². The Balaban J connectivity index is 2.25. The van der Waals surface area contributed by atoms with Crippen LogP contribution in [0.4, 0.5) is 4.79 Å². The fraction of sp³-hybridized carbons (Fsp3) is 0.364. The van der Waals surface area contributed by atoms with Crippen LogP contribution in [0.15, 0.2) is 24.3 Å². The molecule has 1 aromatic rings. The van der Waals surface area contributed by atoms with Crippen molar-refractivity contribution in [2.24, 2.45) is 0 Å². The summed E-state index contributed by atoms with van der Waals surface area (Å²) in [6.07, 6.45) is 0.716. The Hall–Kier alpha value is -0.930. The van der Waals surface area contributed by atoms with Crippen molar-refractivity contribution >= 4 is 29.2 Å². The molecule has 1 aromatic carbocycles. The fourth-order valence-electron chi connectivity index (χ4n) is 1.24. The van der Waals surface area contributed by atoms with Crippen LogP contribution < -0.4 is 10.6 Å². The molecule has 5 heteroatoms. The zero-order chi connectivity index (χ0) is 11.8. The highest BCUT2D eigenvalue weighted by molar-refractivity contribution is 6.31. The molecular weight excluding hydrogens is 247 g/mol. The van der Waals surface area contributed by atoms with Gasteiger partial charge in [0.2, 0.25) is 0 Å². The van der Waals surface area contributed by atoms with Gasteiger partial charge in [0.1, 0.15) is 0 Å². The summed E-state index contributed by atoms with van der Waals surface area (Å²) in [5.41, 5.74) is 1.03. The van der Waals surface area contributed by atoms with E-state index in [2.05, 4.69) is 10.6 Å². The number of carbonyl (C=O) groups excluding carboxylic acids is 1. The average molecular weight is 261 g/mol. The number of amides is 2. The molecule has 0 radical (unpaired) electrons. The van der Waals surface area contributed by atoms with Crippen molar-refractivity contribution in [1.82, 2.24) is 10.6 Å². The van der Waals surface area contributed by atoms with Crippen molar-refractivity contribution in [3.8, 4) is 0 Å². The van der Waals surface area contributed by atoms with E-state index in [0.29, 0.717) is 25.4 Å². The first-order valence-electron chi connectivity index (χ1n) is 5.05. The van der Waals surface area contributed by atoms with Gasteiger partial charge in [-0.15, -0.1) is 11.6 Å². The van der Waals surface area contributed by atoms with Crippen molar-refractivity contribution in [2.75, 3.05) is 19.0 Å². The molecule has 0 bridgehead atoms. The number of benzene rings is 1. The molecule has 16 heavy (non-hydrogen) atoms. The molecule has 0 spiro atoms. The first-order valence-corrected chi connectivity index (χ1v) is 5.96. The zero-order valence-corrected chi connectivity index (χ0v) is 10.3. The Labute approximate surface area is 105 Å². The average Bonchev–Trinajstić information content (AvgIpc) is 2.29. The fourth-order valence-corrected chi connectivity index (χ4v) is 1.56. The number of halogens is 2. The van der Waals surface area contributed by atoms with Crippen LogP contribution in [0.2, 0.25) is 5.02 Å². The van der Waals surface area contributed by atoms with E-state index in [1.54, 1.807) is 0 Å². The molecule has 3 nitrogen and oxygen atoms in total. The van der Waals surface area contributed by atoms with E-state index in [4.69, 9.17) is 23.2 Å². The van der Waals surface area contributed by atoms with Gasteiger partial charge >= 0.3 is 6.03 Å². The van der Waals surface area contributed by atoms with Gasteiger partial charge in [-0.25, -0.2) is 4.79 Å². The maximum Gasteiger partial charge on any atom is 0.314 e. The monoisotopic (exact) mass is 260 g/mol. The van der Waals surface area contributed by atoms with Gasteiger partial charge in [0.15, 0.2) is 0 Å². The molecule has 0 atom stereocenters. The van der Waals surface area contributed by atoms with E-state index in [-0.39, 0.29) is 6.03 Å². The van der Waals surface area contributed by atoms with E-state index in [1.807, 2.05) is 24.3 Å². The minimum Gasteiger partial charge on any atom is -0.338 e. The van der Waals surface area contributed by atoms with Gasteiger partial charge in [-0.3, -0.25) is 0 Å². The summed E-state index contributed by atoms with van der Waals surface area (Å²) in [6.45, 7) is 1.03. The maximum absolute atomic E-state index is 11.2. The number of carbonyl (C=O) groups is 1. The first-order chi connectivity index (χ1) is 7.74. The Bertz CT molecular complexity index is 345. The number of rotatable bonds is 5. The second-order valence-corrected chi connectivity index (χ2v) is 4.00. The normalized spacial score (nSPS) is 9.88. The highest BCUT2D eigenvalue weighted by atomic mass is 35.5. The van der Waals surface area contributed by atoms with Gasteiger partial charge in [-0.1, -0.05) is 29.8 Å². The topological polar surface area (TPSA) is 41.1 Å². The molecule has 0 saturated heterocycles. The molecule has 0 aliphatic heterocycles. The molecule has 2 amide bonds. The van der Waals surface area contributed by atoms with E-state index < -0.39 is 0 Å². The quantitative estimate of drug-likeness (QED) is 0.785. The molecule has 0 aromatic heterocycles. The minimum absolute atomic E-state index is 0.201. The van der Waals surface area contributed by atoms with Gasteiger partial charge in [0.25, 0.3) is 0 Å². The summed E-state index contributed by atoms with van der Waals surface area (Å²) in [4.78, 5) is 11.2. The predicted octanol–water partition coefficient (Wildman–Crippen LogP) is 2.42. The SMILES string of the molecule is O=C(NCCCl)NCCc1ccccc1Cl. The number of nitrogens with one attached hydrogen (secondary N) is 2. The largest absolute Gasteiger partial charge is 0.338 e. The third-order valence-corrected chi connectivity index (χ3v) is 2.58. The predicted molar refractivity (Wildman–Crippen MR) is 67.3 cm³/mol. The smallest absolute Gasteiger partial charge is 0.314 e. The highest BCUT2D eigenvalue weighted by Crippen LogP contribution is 2.14. The molecule has 1 rings (SSSR count). The second kappa shape index (κ2) is 7.36. The molecule has 2 N–H and O–H groups in total. The van der Waals surface area contributed by atoms with Crippen molar-refractivity contribution < 1.29 is 4.79 Å². The lowest BCUT2D eigenvalue weighted by molar-refractivity contribution is 0.241. The molecule has 0 heterocycles. The van der Waals surface area contributed by atoms with E-state index in [0.717, 1.165) is 10.6 Å². The van der Waals surface area contributed by atoms with Crippen molar-refractivity contribution in [3.63, 3.8) is 0 Å². The van der Waals surface area contributed by atoms with Crippen LogP contribution in [0.5, 0.6) is 0 Å².